The van der Waals surface area contributed by atoms with Crippen molar-refractivity contribution in [2.75, 3.05) is 38.1 Å². The van der Waals surface area contributed by atoms with Crippen molar-refractivity contribution < 1.29 is 27.4 Å². The van der Waals surface area contributed by atoms with Gasteiger partial charge in [0, 0.05) is 17.8 Å². The summed E-state index contributed by atoms with van der Waals surface area (Å²) < 4.78 is 42.1. The fraction of sp³-hybridized carbons (Fsp3) is 0.174. The molecule has 0 fully saturated rings. The summed E-state index contributed by atoms with van der Waals surface area (Å²) in [5.41, 5.74) is 1.35. The minimum Gasteiger partial charge on any atom is -0.493 e. The van der Waals surface area contributed by atoms with Gasteiger partial charge in [0.2, 0.25) is 21.5 Å². The van der Waals surface area contributed by atoms with Gasteiger partial charge in [0.05, 0.1) is 42.5 Å². The second-order valence-electron chi connectivity index (χ2n) is 6.99. The molecule has 3 aromatic carbocycles. The topological polar surface area (TPSA) is 94.2 Å². The number of ether oxygens (including phenoxy) is 3. The minimum atomic E-state index is -3.68. The standard InChI is InChI=1S/C23H22N2O6S/c1-29-18-12-15(13-19(30-2)23(18)31-3)24-22(26)14-25-16-8-4-6-10-20(16)32(27,28)21-11-7-5-9-17(21)25/h4-13H,14H2,1-3H3,(H,24,26). The molecule has 1 N–H and O–H groups in total. The van der Waals surface area contributed by atoms with Gasteiger partial charge in [-0.05, 0) is 24.3 Å². The number of hydrogen-bond donors (Lipinski definition) is 1. The van der Waals surface area contributed by atoms with Crippen molar-refractivity contribution in [1.29, 1.82) is 0 Å². The monoisotopic (exact) mass is 454 g/mol. The molecule has 4 rings (SSSR count). The summed E-state index contributed by atoms with van der Waals surface area (Å²) in [4.78, 5) is 15.0. The summed E-state index contributed by atoms with van der Waals surface area (Å²) in [6.07, 6.45) is 0. The van der Waals surface area contributed by atoms with Gasteiger partial charge >= 0.3 is 0 Å². The number of sulfone groups is 1. The van der Waals surface area contributed by atoms with E-state index in [0.29, 0.717) is 34.3 Å². The zero-order valence-corrected chi connectivity index (χ0v) is 18.6. The summed E-state index contributed by atoms with van der Waals surface area (Å²) in [5.74, 6) is 0.879. The van der Waals surface area contributed by atoms with Gasteiger partial charge in [-0.3, -0.25) is 4.79 Å². The molecule has 3 aromatic rings. The molecule has 0 aliphatic carbocycles. The molecule has 32 heavy (non-hydrogen) atoms. The van der Waals surface area contributed by atoms with Gasteiger partial charge < -0.3 is 24.4 Å². The smallest absolute Gasteiger partial charge is 0.244 e. The zero-order chi connectivity index (χ0) is 22.9. The average molecular weight is 455 g/mol. The van der Waals surface area contributed by atoms with Crippen LogP contribution < -0.4 is 24.4 Å². The first kappa shape index (κ1) is 21.5. The average Bonchev–Trinajstić information content (AvgIpc) is 2.81. The van der Waals surface area contributed by atoms with Crippen molar-refractivity contribution in [3.8, 4) is 17.2 Å². The normalized spacial score (nSPS) is 13.5. The van der Waals surface area contributed by atoms with E-state index in [1.165, 1.54) is 21.3 Å². The molecule has 0 saturated heterocycles. The van der Waals surface area contributed by atoms with Gasteiger partial charge in [-0.2, -0.15) is 0 Å². The SMILES string of the molecule is COc1cc(NC(=O)CN2c3ccccc3S(=O)(=O)c3ccccc32)cc(OC)c1OC. The largest absolute Gasteiger partial charge is 0.493 e. The van der Waals surface area contributed by atoms with Crippen LogP contribution in [-0.2, 0) is 14.6 Å². The highest BCUT2D eigenvalue weighted by Gasteiger charge is 2.34. The van der Waals surface area contributed by atoms with Crippen molar-refractivity contribution in [3.05, 3.63) is 60.7 Å². The molecule has 0 bridgehead atoms. The van der Waals surface area contributed by atoms with Crippen molar-refractivity contribution >= 4 is 32.8 Å². The maximum absolute atomic E-state index is 13.1. The second-order valence-corrected chi connectivity index (χ2v) is 8.87. The first-order valence-corrected chi connectivity index (χ1v) is 11.2. The Hall–Kier alpha value is -3.72. The molecule has 0 unspecified atom stereocenters. The third-order valence-corrected chi connectivity index (χ3v) is 6.99. The number of nitrogens with one attached hydrogen (secondary N) is 1. The van der Waals surface area contributed by atoms with E-state index in [0.717, 1.165) is 0 Å². The lowest BCUT2D eigenvalue weighted by atomic mass is 10.2. The molecule has 1 heterocycles. The van der Waals surface area contributed by atoms with Crippen LogP contribution in [0.1, 0.15) is 0 Å². The Morgan fingerprint density at radius 2 is 1.34 bits per heavy atom. The third kappa shape index (κ3) is 3.60. The van der Waals surface area contributed by atoms with Crippen molar-refractivity contribution in [1.82, 2.24) is 0 Å². The summed E-state index contributed by atoms with van der Waals surface area (Å²) in [6.45, 7) is -0.0970. The second kappa shape index (κ2) is 8.43. The molecule has 0 spiro atoms. The highest BCUT2D eigenvalue weighted by atomic mass is 32.2. The predicted molar refractivity (Wildman–Crippen MR) is 120 cm³/mol. The number of carbonyl (C=O) groups is 1. The molecule has 1 aliphatic heterocycles. The van der Waals surface area contributed by atoms with E-state index in [2.05, 4.69) is 5.32 Å². The number of nitrogens with zero attached hydrogens (tertiary/aromatic N) is 1. The number of amides is 1. The van der Waals surface area contributed by atoms with E-state index in [-0.39, 0.29) is 22.2 Å². The van der Waals surface area contributed by atoms with Crippen LogP contribution in [0.2, 0.25) is 0 Å². The summed E-state index contributed by atoms with van der Waals surface area (Å²) in [5, 5.41) is 2.83. The Morgan fingerprint density at radius 3 is 1.81 bits per heavy atom. The number of rotatable bonds is 6. The Balaban J connectivity index is 1.68. The molecule has 0 atom stereocenters. The first-order valence-electron chi connectivity index (χ1n) is 9.71. The highest BCUT2D eigenvalue weighted by Crippen LogP contribution is 2.44. The maximum Gasteiger partial charge on any atom is 0.244 e. The van der Waals surface area contributed by atoms with E-state index in [1.54, 1.807) is 65.6 Å². The van der Waals surface area contributed by atoms with Crippen LogP contribution >= 0.6 is 0 Å². The number of fused-ring (bicyclic) bond motifs is 2. The van der Waals surface area contributed by atoms with Gasteiger partial charge in [0.25, 0.3) is 0 Å². The van der Waals surface area contributed by atoms with Crippen LogP contribution in [0.15, 0.2) is 70.5 Å². The van der Waals surface area contributed by atoms with Gasteiger partial charge in [0.15, 0.2) is 11.5 Å². The lowest BCUT2D eigenvalue weighted by molar-refractivity contribution is -0.114. The number of carbonyl (C=O) groups excluding carboxylic acids is 1. The Morgan fingerprint density at radius 1 is 0.844 bits per heavy atom. The zero-order valence-electron chi connectivity index (χ0n) is 17.8. The molecule has 1 amide bonds. The van der Waals surface area contributed by atoms with Crippen molar-refractivity contribution in [2.24, 2.45) is 0 Å². The Labute approximate surface area is 186 Å². The van der Waals surface area contributed by atoms with Gasteiger partial charge in [0.1, 0.15) is 6.54 Å². The molecular formula is C23H22N2O6S. The van der Waals surface area contributed by atoms with Gasteiger partial charge in [-0.1, -0.05) is 24.3 Å². The van der Waals surface area contributed by atoms with E-state index in [4.69, 9.17) is 14.2 Å². The lowest BCUT2D eigenvalue weighted by Gasteiger charge is -2.32. The molecule has 166 valence electrons. The Kier molecular flexibility index (Phi) is 5.67. The van der Waals surface area contributed by atoms with Crippen molar-refractivity contribution in [2.45, 2.75) is 9.79 Å². The summed E-state index contributed by atoms with van der Waals surface area (Å²) >= 11 is 0. The van der Waals surface area contributed by atoms with E-state index >= 15 is 0 Å². The van der Waals surface area contributed by atoms with Crippen molar-refractivity contribution in [3.63, 3.8) is 0 Å². The third-order valence-electron chi connectivity index (χ3n) is 5.14. The highest BCUT2D eigenvalue weighted by molar-refractivity contribution is 7.92. The number of methoxy groups -OCH3 is 3. The molecule has 9 heteroatoms. The van der Waals surface area contributed by atoms with Crippen LogP contribution in [0.25, 0.3) is 0 Å². The number of hydrogen-bond acceptors (Lipinski definition) is 7. The Bertz CT molecular complexity index is 1210. The van der Waals surface area contributed by atoms with Crippen LogP contribution in [-0.4, -0.2) is 42.2 Å². The number of para-hydroxylation sites is 2. The summed E-state index contributed by atoms with van der Waals surface area (Å²) in [7, 11) is 0.805. The van der Waals surface area contributed by atoms with Crippen LogP contribution in [0, 0.1) is 0 Å². The molecule has 0 radical (unpaired) electrons. The molecule has 0 aromatic heterocycles. The molecule has 1 aliphatic rings. The maximum atomic E-state index is 13.1. The van der Waals surface area contributed by atoms with Crippen LogP contribution in [0.4, 0.5) is 17.1 Å². The first-order chi connectivity index (χ1) is 15.4. The fourth-order valence-corrected chi connectivity index (χ4v) is 5.39. The molecule has 8 nitrogen and oxygen atoms in total. The lowest BCUT2D eigenvalue weighted by Crippen LogP contribution is -2.33. The van der Waals surface area contributed by atoms with E-state index < -0.39 is 9.84 Å². The fourth-order valence-electron chi connectivity index (χ4n) is 3.73. The van der Waals surface area contributed by atoms with Crippen LogP contribution in [0.5, 0.6) is 17.2 Å². The van der Waals surface area contributed by atoms with Gasteiger partial charge in [-0.25, -0.2) is 8.42 Å². The number of benzene rings is 3. The van der Waals surface area contributed by atoms with Gasteiger partial charge in [-0.15, -0.1) is 0 Å². The van der Waals surface area contributed by atoms with E-state index in [1.807, 2.05) is 0 Å². The number of anilines is 3. The predicted octanol–water partition coefficient (Wildman–Crippen LogP) is 3.64. The van der Waals surface area contributed by atoms with Crippen LogP contribution in [0.3, 0.4) is 0 Å². The molecule has 0 saturated carbocycles. The summed E-state index contributed by atoms with van der Waals surface area (Å²) in [6, 6.07) is 16.5. The molecular weight excluding hydrogens is 432 g/mol. The quantitative estimate of drug-likeness (QED) is 0.608. The minimum absolute atomic E-state index is 0.0970. The van der Waals surface area contributed by atoms with E-state index in [9.17, 15) is 13.2 Å².